The van der Waals surface area contributed by atoms with Gasteiger partial charge in [0.25, 0.3) is 0 Å². The van der Waals surface area contributed by atoms with Crippen LogP contribution in [0.4, 0.5) is 14.5 Å². The number of hydrogen-bond donors (Lipinski definition) is 2. The van der Waals surface area contributed by atoms with Gasteiger partial charge >= 0.3 is 0 Å². The van der Waals surface area contributed by atoms with Crippen molar-refractivity contribution in [3.63, 3.8) is 0 Å². The molecular formula is C27H29F2N7O2S. The Morgan fingerprint density at radius 2 is 1.95 bits per heavy atom. The highest BCUT2D eigenvalue weighted by molar-refractivity contribution is 7.92. The molecule has 2 N–H and O–H groups in total. The number of alkyl halides is 1. The van der Waals surface area contributed by atoms with Gasteiger partial charge in [-0.25, -0.2) is 22.7 Å². The molecule has 1 amide bonds. The molecular weight excluding hydrogens is 524 g/mol. The number of carbonyl (C=O) groups is 1. The molecule has 0 spiro atoms. The fourth-order valence-corrected chi connectivity index (χ4v) is 6.61. The van der Waals surface area contributed by atoms with Gasteiger partial charge in [0.2, 0.25) is 5.91 Å². The molecule has 12 heteroatoms. The fraction of sp³-hybridized carbons (Fsp3) is 0.407. The normalized spacial score (nSPS) is 22.7. The van der Waals surface area contributed by atoms with Gasteiger partial charge in [-0.15, -0.1) is 0 Å². The summed E-state index contributed by atoms with van der Waals surface area (Å²) >= 11 is 0. The Morgan fingerprint density at radius 1 is 1.21 bits per heavy atom. The average Bonchev–Trinajstić information content (AvgIpc) is 3.37. The summed E-state index contributed by atoms with van der Waals surface area (Å²) in [5.74, 6) is -1.46. The number of amides is 1. The molecule has 2 aromatic heterocycles. The lowest BCUT2D eigenvalue weighted by Gasteiger charge is -2.32. The van der Waals surface area contributed by atoms with Crippen LogP contribution in [0.3, 0.4) is 0 Å². The molecule has 0 unspecified atom stereocenters. The second-order valence-corrected chi connectivity index (χ2v) is 12.4. The maximum atomic E-state index is 14.7. The smallest absolute Gasteiger partial charge is 0.224 e. The second-order valence-electron chi connectivity index (χ2n) is 9.93. The Morgan fingerprint density at radius 3 is 2.64 bits per heavy atom. The predicted octanol–water partition coefficient (Wildman–Crippen LogP) is 3.80. The van der Waals surface area contributed by atoms with E-state index in [9.17, 15) is 17.8 Å². The molecule has 0 radical (unpaired) electrons. The van der Waals surface area contributed by atoms with Gasteiger partial charge in [-0.2, -0.15) is 10.4 Å². The highest BCUT2D eigenvalue weighted by atomic mass is 32.2. The maximum Gasteiger partial charge on any atom is 0.224 e. The van der Waals surface area contributed by atoms with Crippen LogP contribution in [0.5, 0.6) is 0 Å². The minimum Gasteiger partial charge on any atom is -0.370 e. The Kier molecular flexibility index (Phi) is 7.61. The van der Waals surface area contributed by atoms with Crippen molar-refractivity contribution in [2.45, 2.75) is 31.4 Å². The van der Waals surface area contributed by atoms with E-state index in [1.165, 1.54) is 23.0 Å². The summed E-state index contributed by atoms with van der Waals surface area (Å²) in [6.45, 7) is 0.901. The van der Waals surface area contributed by atoms with E-state index in [4.69, 9.17) is 15.1 Å². The fourth-order valence-electron chi connectivity index (χ4n) is 5.37. The number of nitrogens with zero attached hydrogens (tertiary/aromatic N) is 5. The molecule has 1 saturated heterocycles. The highest BCUT2D eigenvalue weighted by Crippen LogP contribution is 2.43. The Bertz CT molecular complexity index is 1490. The van der Waals surface area contributed by atoms with E-state index in [0.717, 1.165) is 11.3 Å². The molecule has 9 nitrogen and oxygen atoms in total. The van der Waals surface area contributed by atoms with E-state index < -0.39 is 39.5 Å². The molecule has 204 valence electrons. The monoisotopic (exact) mass is 553 g/mol. The van der Waals surface area contributed by atoms with Crippen LogP contribution in [-0.4, -0.2) is 62.2 Å². The summed E-state index contributed by atoms with van der Waals surface area (Å²) in [4.78, 5) is 19.2. The van der Waals surface area contributed by atoms with Gasteiger partial charge < -0.3 is 10.2 Å². The minimum absolute atomic E-state index is 0.0126. The van der Waals surface area contributed by atoms with Gasteiger partial charge in [-0.3, -0.25) is 9.57 Å². The van der Waals surface area contributed by atoms with E-state index >= 15 is 0 Å². The van der Waals surface area contributed by atoms with Crippen molar-refractivity contribution < 1.29 is 17.8 Å². The first-order chi connectivity index (χ1) is 18.8. The Labute approximate surface area is 225 Å². The number of nitrogens with one attached hydrogen (secondary N) is 2. The number of rotatable bonds is 6. The van der Waals surface area contributed by atoms with Crippen LogP contribution < -0.4 is 10.2 Å². The minimum atomic E-state index is -2.51. The van der Waals surface area contributed by atoms with Gasteiger partial charge in [-0.1, -0.05) is 12.1 Å². The summed E-state index contributed by atoms with van der Waals surface area (Å²) in [5, 5.41) is 16.2. The number of pyridine rings is 1. The SMILES string of the molecule is N#CCNC(=O)[C@@H]1C[C@@H](F)CC[C@H]1c1nn(-c2ncccc2F)cc1-c1ccc(N2CCS(=N)(=O)CC2)cc1. The second kappa shape index (κ2) is 11.1. The zero-order valence-corrected chi connectivity index (χ0v) is 22.0. The number of anilines is 1. The molecule has 3 aromatic rings. The quantitative estimate of drug-likeness (QED) is 0.447. The molecule has 1 saturated carbocycles. The van der Waals surface area contributed by atoms with Crippen LogP contribution in [0.25, 0.3) is 16.9 Å². The van der Waals surface area contributed by atoms with Crippen molar-refractivity contribution in [1.29, 1.82) is 10.0 Å². The first-order valence-electron chi connectivity index (χ1n) is 12.8. The molecule has 5 rings (SSSR count). The van der Waals surface area contributed by atoms with E-state index in [1.54, 1.807) is 6.20 Å². The molecule has 1 aromatic carbocycles. The van der Waals surface area contributed by atoms with Gasteiger partial charge in [-0.05, 0) is 49.1 Å². The third-order valence-corrected chi connectivity index (χ3v) is 9.12. The van der Waals surface area contributed by atoms with Crippen molar-refractivity contribution in [1.82, 2.24) is 20.1 Å². The molecule has 2 aliphatic rings. The van der Waals surface area contributed by atoms with Crippen molar-refractivity contribution in [3.05, 3.63) is 60.3 Å². The number of halogens is 2. The first-order valence-corrected chi connectivity index (χ1v) is 14.7. The highest BCUT2D eigenvalue weighted by Gasteiger charge is 2.39. The lowest BCUT2D eigenvalue weighted by atomic mass is 9.75. The number of benzene rings is 1. The molecule has 3 atom stereocenters. The molecule has 0 bridgehead atoms. The Hall–Kier alpha value is -3.85. The van der Waals surface area contributed by atoms with Crippen molar-refractivity contribution in [2.24, 2.45) is 5.92 Å². The van der Waals surface area contributed by atoms with E-state index in [-0.39, 0.29) is 25.2 Å². The summed E-state index contributed by atoms with van der Waals surface area (Å²) in [6.07, 6.45) is 2.66. The predicted molar refractivity (Wildman–Crippen MR) is 143 cm³/mol. The lowest BCUT2D eigenvalue weighted by molar-refractivity contribution is -0.127. The van der Waals surface area contributed by atoms with Crippen LogP contribution in [0.2, 0.25) is 0 Å². The topological polar surface area (TPSA) is 128 Å². The zero-order chi connectivity index (χ0) is 27.6. The Balaban J connectivity index is 1.53. The van der Waals surface area contributed by atoms with Crippen LogP contribution in [0.1, 0.15) is 30.9 Å². The van der Waals surface area contributed by atoms with Crippen LogP contribution in [-0.2, 0) is 14.5 Å². The van der Waals surface area contributed by atoms with Crippen molar-refractivity contribution in [2.75, 3.05) is 36.0 Å². The number of carbonyl (C=O) groups excluding carboxylic acids is 1. The van der Waals surface area contributed by atoms with Gasteiger partial charge in [0.1, 0.15) is 12.7 Å². The van der Waals surface area contributed by atoms with Crippen LogP contribution >= 0.6 is 0 Å². The van der Waals surface area contributed by atoms with Gasteiger partial charge in [0, 0.05) is 69.8 Å². The van der Waals surface area contributed by atoms with Crippen molar-refractivity contribution in [3.8, 4) is 23.0 Å². The van der Waals surface area contributed by atoms with Gasteiger partial charge in [0.05, 0.1) is 11.8 Å². The van der Waals surface area contributed by atoms with Crippen LogP contribution in [0, 0.1) is 27.8 Å². The van der Waals surface area contributed by atoms with Crippen LogP contribution in [0.15, 0.2) is 48.8 Å². The first kappa shape index (κ1) is 26.7. The summed E-state index contributed by atoms with van der Waals surface area (Å²) in [5.41, 5.74) is 2.95. The van der Waals surface area contributed by atoms with E-state index in [2.05, 4.69) is 15.2 Å². The standard InChI is InChI=1S/C27H29F2N7O2S/c28-19-5-8-21(22(16-19)27(37)33-11-9-30)25-23(17-36(34-25)26-24(29)2-1-10-32-26)18-3-6-20(7-4-18)35-12-14-39(31,38)15-13-35/h1-4,6-7,10,17,19,21-22,31H,5,8,11-16H2,(H,33,37)/t19-,21+,22+/m0/s1. The largest absolute Gasteiger partial charge is 0.370 e. The number of hydrogen-bond acceptors (Lipinski definition) is 7. The summed E-state index contributed by atoms with van der Waals surface area (Å²) < 4.78 is 50.3. The number of aromatic nitrogens is 3. The molecule has 3 heterocycles. The summed E-state index contributed by atoms with van der Waals surface area (Å²) in [6, 6.07) is 12.4. The summed E-state index contributed by atoms with van der Waals surface area (Å²) in [7, 11) is -2.51. The van der Waals surface area contributed by atoms with Gasteiger partial charge in [0.15, 0.2) is 11.6 Å². The number of nitriles is 1. The molecule has 39 heavy (non-hydrogen) atoms. The third-order valence-electron chi connectivity index (χ3n) is 7.44. The molecule has 1 aliphatic heterocycles. The molecule has 1 aliphatic carbocycles. The van der Waals surface area contributed by atoms with E-state index in [1.807, 2.05) is 30.3 Å². The van der Waals surface area contributed by atoms with Crippen molar-refractivity contribution >= 4 is 21.3 Å². The third kappa shape index (κ3) is 5.78. The lowest BCUT2D eigenvalue weighted by Crippen LogP contribution is -2.39. The average molecular weight is 554 g/mol. The van der Waals surface area contributed by atoms with E-state index in [0.29, 0.717) is 42.3 Å². The maximum absolute atomic E-state index is 14.7. The zero-order valence-electron chi connectivity index (χ0n) is 21.2. The molecule has 2 fully saturated rings.